The van der Waals surface area contributed by atoms with E-state index >= 15 is 0 Å². The van der Waals surface area contributed by atoms with E-state index in [1.807, 2.05) is 13.8 Å². The molecule has 1 amide bonds. The van der Waals surface area contributed by atoms with Gasteiger partial charge in [-0.1, -0.05) is 29.9 Å². The van der Waals surface area contributed by atoms with Crippen LogP contribution in [-0.2, 0) is 0 Å². The van der Waals surface area contributed by atoms with E-state index in [4.69, 9.17) is 11.6 Å². The Bertz CT molecular complexity index is 639. The van der Waals surface area contributed by atoms with Crippen LogP contribution >= 0.6 is 39.1 Å². The Morgan fingerprint density at radius 2 is 2.20 bits per heavy atom. The number of carbonyl (C=O) groups is 1. The van der Waals surface area contributed by atoms with Crippen molar-refractivity contribution in [2.24, 2.45) is 0 Å². The zero-order valence-electron chi connectivity index (χ0n) is 10.6. The van der Waals surface area contributed by atoms with Gasteiger partial charge in [0.25, 0.3) is 5.91 Å². The molecule has 20 heavy (non-hydrogen) atoms. The summed E-state index contributed by atoms with van der Waals surface area (Å²) in [5, 5.41) is 6.71. The molecule has 2 rings (SSSR count). The van der Waals surface area contributed by atoms with Crippen LogP contribution in [0.25, 0.3) is 0 Å². The number of aromatic nitrogens is 2. The highest BCUT2D eigenvalue weighted by Crippen LogP contribution is 2.32. The zero-order valence-corrected chi connectivity index (χ0v) is 13.7. The van der Waals surface area contributed by atoms with Gasteiger partial charge >= 0.3 is 0 Å². The fourth-order valence-corrected chi connectivity index (χ4v) is 3.18. The Balaban J connectivity index is 2.31. The van der Waals surface area contributed by atoms with Crippen molar-refractivity contribution in [1.82, 2.24) is 9.59 Å². The third kappa shape index (κ3) is 3.16. The normalized spacial score (nSPS) is 10.9. The van der Waals surface area contributed by atoms with E-state index in [1.165, 1.54) is 6.07 Å². The van der Waals surface area contributed by atoms with Crippen LogP contribution in [0, 0.1) is 5.82 Å². The summed E-state index contributed by atoms with van der Waals surface area (Å²) in [4.78, 5) is 12.7. The number of hydrogen-bond acceptors (Lipinski definition) is 4. The summed E-state index contributed by atoms with van der Waals surface area (Å²) in [6, 6.07) is 2.37. The summed E-state index contributed by atoms with van der Waals surface area (Å²) in [6.45, 7) is 3.85. The molecule has 0 aliphatic rings. The quantitative estimate of drug-likeness (QED) is 0.857. The van der Waals surface area contributed by atoms with Gasteiger partial charge in [-0.25, -0.2) is 4.39 Å². The summed E-state index contributed by atoms with van der Waals surface area (Å²) in [5.74, 6) is -0.762. The third-order valence-corrected chi connectivity index (χ3v) is 4.18. The molecule has 0 spiro atoms. The highest BCUT2D eigenvalue weighted by atomic mass is 79.9. The van der Waals surface area contributed by atoms with Gasteiger partial charge in [-0.3, -0.25) is 4.79 Å². The number of benzene rings is 1. The number of rotatable bonds is 3. The monoisotopic (exact) mass is 377 g/mol. The van der Waals surface area contributed by atoms with Crippen molar-refractivity contribution < 1.29 is 9.18 Å². The number of halogens is 3. The first-order valence-corrected chi connectivity index (χ1v) is 7.62. The Morgan fingerprint density at radius 1 is 1.50 bits per heavy atom. The summed E-state index contributed by atoms with van der Waals surface area (Å²) < 4.78 is 17.3. The number of nitrogens with zero attached hydrogens (tertiary/aromatic N) is 2. The molecule has 1 aromatic heterocycles. The van der Waals surface area contributed by atoms with Gasteiger partial charge in [0, 0.05) is 4.47 Å². The third-order valence-electron chi connectivity index (χ3n) is 2.51. The number of hydrogen-bond donors (Lipinski definition) is 1. The molecule has 4 nitrogen and oxygen atoms in total. The minimum absolute atomic E-state index is 0.0848. The number of amides is 1. The topological polar surface area (TPSA) is 54.9 Å². The maximum atomic E-state index is 13.1. The van der Waals surface area contributed by atoms with Gasteiger partial charge in [-0.05, 0) is 45.5 Å². The molecule has 0 atom stereocenters. The first kappa shape index (κ1) is 15.3. The zero-order chi connectivity index (χ0) is 14.9. The highest BCUT2D eigenvalue weighted by molar-refractivity contribution is 9.10. The van der Waals surface area contributed by atoms with Crippen LogP contribution < -0.4 is 5.32 Å². The van der Waals surface area contributed by atoms with Gasteiger partial charge in [0.1, 0.15) is 10.7 Å². The summed E-state index contributed by atoms with van der Waals surface area (Å²) in [6.07, 6.45) is 0. The molecule has 0 fully saturated rings. The van der Waals surface area contributed by atoms with Crippen molar-refractivity contribution in [2.75, 3.05) is 5.32 Å². The maximum absolute atomic E-state index is 13.1. The van der Waals surface area contributed by atoms with Gasteiger partial charge in [0.15, 0.2) is 0 Å². The van der Waals surface area contributed by atoms with Crippen LogP contribution in [0.15, 0.2) is 16.6 Å². The molecule has 1 aromatic carbocycles. The molecular formula is C12H10BrClFN3OS. The van der Waals surface area contributed by atoms with E-state index in [1.54, 1.807) is 0 Å². The second-order valence-electron chi connectivity index (χ2n) is 4.34. The number of anilines is 1. The van der Waals surface area contributed by atoms with Crippen molar-refractivity contribution >= 4 is 50.7 Å². The summed E-state index contributed by atoms with van der Waals surface area (Å²) in [5.41, 5.74) is 0.947. The minimum atomic E-state index is -0.484. The fraction of sp³-hybridized carbons (Fsp3) is 0.250. The SMILES string of the molecule is CC(C)c1nnsc1C(=O)Nc1c(Cl)cc(F)cc1Br. The van der Waals surface area contributed by atoms with Crippen LogP contribution in [0.5, 0.6) is 0 Å². The van der Waals surface area contributed by atoms with Crippen LogP contribution in [0.2, 0.25) is 5.02 Å². The van der Waals surface area contributed by atoms with Gasteiger partial charge in [0.05, 0.1) is 16.4 Å². The Labute approximate surface area is 132 Å². The van der Waals surface area contributed by atoms with E-state index in [0.29, 0.717) is 20.7 Å². The van der Waals surface area contributed by atoms with Crippen LogP contribution in [0.4, 0.5) is 10.1 Å². The lowest BCUT2D eigenvalue weighted by Crippen LogP contribution is -2.14. The van der Waals surface area contributed by atoms with E-state index in [9.17, 15) is 9.18 Å². The van der Waals surface area contributed by atoms with Gasteiger partial charge in [0.2, 0.25) is 0 Å². The van der Waals surface area contributed by atoms with E-state index in [-0.39, 0.29) is 16.8 Å². The standard InChI is InChI=1S/C12H10BrClFN3OS/c1-5(2)9-11(20-18-17-9)12(19)16-10-7(13)3-6(15)4-8(10)14/h3-5H,1-2H3,(H,16,19). The molecule has 1 N–H and O–H groups in total. The van der Waals surface area contributed by atoms with E-state index in [2.05, 4.69) is 30.8 Å². The minimum Gasteiger partial charge on any atom is -0.319 e. The highest BCUT2D eigenvalue weighted by Gasteiger charge is 2.20. The lowest BCUT2D eigenvalue weighted by Gasteiger charge is -2.10. The molecule has 0 bridgehead atoms. The van der Waals surface area contributed by atoms with Crippen molar-refractivity contribution in [1.29, 1.82) is 0 Å². The first-order chi connectivity index (χ1) is 9.40. The van der Waals surface area contributed by atoms with Gasteiger partial charge in [-0.15, -0.1) is 5.10 Å². The first-order valence-electron chi connectivity index (χ1n) is 5.68. The number of carbonyl (C=O) groups excluding carboxylic acids is 1. The van der Waals surface area contributed by atoms with Crippen LogP contribution in [-0.4, -0.2) is 15.5 Å². The second kappa shape index (κ2) is 6.15. The van der Waals surface area contributed by atoms with Crippen molar-refractivity contribution in [3.8, 4) is 0 Å². The van der Waals surface area contributed by atoms with Crippen molar-refractivity contribution in [3.05, 3.63) is 38.0 Å². The van der Waals surface area contributed by atoms with Gasteiger partial charge < -0.3 is 5.32 Å². The van der Waals surface area contributed by atoms with Crippen molar-refractivity contribution in [3.63, 3.8) is 0 Å². The predicted molar refractivity (Wildman–Crippen MR) is 81.1 cm³/mol. The predicted octanol–water partition coefficient (Wildman–Crippen LogP) is 4.47. The average Bonchev–Trinajstić information content (AvgIpc) is 2.82. The van der Waals surface area contributed by atoms with Crippen LogP contribution in [0.3, 0.4) is 0 Å². The molecule has 0 saturated carbocycles. The molecule has 0 aliphatic carbocycles. The van der Waals surface area contributed by atoms with Gasteiger partial charge in [-0.2, -0.15) is 0 Å². The van der Waals surface area contributed by atoms with Crippen molar-refractivity contribution in [2.45, 2.75) is 19.8 Å². The lowest BCUT2D eigenvalue weighted by molar-refractivity contribution is 0.102. The molecule has 0 aliphatic heterocycles. The molecule has 1 heterocycles. The average molecular weight is 379 g/mol. The smallest absolute Gasteiger partial charge is 0.269 e. The molecule has 8 heteroatoms. The van der Waals surface area contributed by atoms with Crippen LogP contribution in [0.1, 0.15) is 35.1 Å². The maximum Gasteiger partial charge on any atom is 0.269 e. The largest absolute Gasteiger partial charge is 0.319 e. The fourth-order valence-electron chi connectivity index (χ4n) is 1.56. The van der Waals surface area contributed by atoms with E-state index in [0.717, 1.165) is 17.6 Å². The number of nitrogens with one attached hydrogen (secondary N) is 1. The lowest BCUT2D eigenvalue weighted by atomic mass is 10.1. The summed E-state index contributed by atoms with van der Waals surface area (Å²) in [7, 11) is 0. The Kier molecular flexibility index (Phi) is 4.72. The molecule has 106 valence electrons. The Hall–Kier alpha value is -1.05. The van der Waals surface area contributed by atoms with E-state index < -0.39 is 5.82 Å². The second-order valence-corrected chi connectivity index (χ2v) is 6.36. The molecular weight excluding hydrogens is 369 g/mol. The molecule has 0 saturated heterocycles. The molecule has 0 unspecified atom stereocenters. The Morgan fingerprint density at radius 3 is 2.80 bits per heavy atom. The molecule has 2 aromatic rings. The summed E-state index contributed by atoms with van der Waals surface area (Å²) >= 11 is 10.1. The molecule has 0 radical (unpaired) electrons.